The Bertz CT molecular complexity index is 927. The SMILES string of the molecule is CC(C)c1nnc(C2CN(S(=O)(=O)c3ccc4c(c3)OCCO4)CCO2)o1. The third-order valence-corrected chi connectivity index (χ3v) is 6.27. The first kappa shape index (κ1) is 18.2. The van der Waals surface area contributed by atoms with E-state index >= 15 is 0 Å². The molecule has 10 heteroatoms. The minimum Gasteiger partial charge on any atom is -0.486 e. The van der Waals surface area contributed by atoms with Crippen molar-refractivity contribution in [3.63, 3.8) is 0 Å². The first-order valence-electron chi connectivity index (χ1n) is 8.80. The Balaban J connectivity index is 1.56. The van der Waals surface area contributed by atoms with Crippen LogP contribution in [0.2, 0.25) is 0 Å². The van der Waals surface area contributed by atoms with Crippen molar-refractivity contribution < 1.29 is 27.0 Å². The van der Waals surface area contributed by atoms with Gasteiger partial charge in [-0.3, -0.25) is 0 Å². The number of hydrogen-bond donors (Lipinski definition) is 0. The number of rotatable bonds is 4. The standard InChI is InChI=1S/C17H21N3O6S/c1-11(2)16-18-19-17(26-16)15-10-20(5-6-23-15)27(21,22)12-3-4-13-14(9-12)25-8-7-24-13/h3-4,9,11,15H,5-8,10H2,1-2H3. The highest BCUT2D eigenvalue weighted by Crippen LogP contribution is 2.34. The van der Waals surface area contributed by atoms with Gasteiger partial charge in [0.2, 0.25) is 21.8 Å². The molecule has 1 fully saturated rings. The molecule has 1 unspecified atom stereocenters. The number of hydrogen-bond acceptors (Lipinski definition) is 8. The summed E-state index contributed by atoms with van der Waals surface area (Å²) < 4.78 is 49.7. The molecule has 9 nitrogen and oxygen atoms in total. The second kappa shape index (κ2) is 7.10. The maximum atomic E-state index is 13.1. The topological polar surface area (TPSA) is 104 Å². The Morgan fingerprint density at radius 1 is 1.11 bits per heavy atom. The molecule has 2 aliphatic rings. The van der Waals surface area contributed by atoms with Gasteiger partial charge in [-0.15, -0.1) is 10.2 Å². The average molecular weight is 395 g/mol. The fourth-order valence-corrected chi connectivity index (χ4v) is 4.38. The quantitative estimate of drug-likeness (QED) is 0.771. The fourth-order valence-electron chi connectivity index (χ4n) is 2.94. The van der Waals surface area contributed by atoms with Crippen LogP contribution >= 0.6 is 0 Å². The van der Waals surface area contributed by atoms with Crippen molar-refractivity contribution in [1.29, 1.82) is 0 Å². The number of nitrogens with zero attached hydrogens (tertiary/aromatic N) is 3. The largest absolute Gasteiger partial charge is 0.486 e. The fraction of sp³-hybridized carbons (Fsp3) is 0.529. The van der Waals surface area contributed by atoms with Gasteiger partial charge in [-0.1, -0.05) is 13.8 Å². The van der Waals surface area contributed by atoms with Gasteiger partial charge in [0.25, 0.3) is 0 Å². The summed E-state index contributed by atoms with van der Waals surface area (Å²) in [6.07, 6.45) is -0.592. The van der Waals surface area contributed by atoms with Crippen LogP contribution in [-0.2, 0) is 14.8 Å². The van der Waals surface area contributed by atoms with Gasteiger partial charge in [0.1, 0.15) is 19.3 Å². The van der Waals surface area contributed by atoms with Gasteiger partial charge in [-0.25, -0.2) is 8.42 Å². The zero-order valence-corrected chi connectivity index (χ0v) is 15.9. The molecule has 2 aromatic rings. The Kier molecular flexibility index (Phi) is 4.79. The molecule has 1 saturated heterocycles. The summed E-state index contributed by atoms with van der Waals surface area (Å²) in [5.74, 6) is 1.87. The van der Waals surface area contributed by atoms with Crippen LogP contribution in [0.25, 0.3) is 0 Å². The van der Waals surface area contributed by atoms with Crippen LogP contribution in [0.3, 0.4) is 0 Å². The molecule has 1 aromatic heterocycles. The van der Waals surface area contributed by atoms with Gasteiger partial charge < -0.3 is 18.6 Å². The Hall–Kier alpha value is -2.17. The smallest absolute Gasteiger partial charge is 0.246 e. The summed E-state index contributed by atoms with van der Waals surface area (Å²) in [6, 6.07) is 4.64. The highest BCUT2D eigenvalue weighted by atomic mass is 32.2. The highest BCUT2D eigenvalue weighted by Gasteiger charge is 2.34. The predicted octanol–water partition coefficient (Wildman–Crippen LogP) is 1.73. The summed E-state index contributed by atoms with van der Waals surface area (Å²) in [7, 11) is -3.72. The van der Waals surface area contributed by atoms with Gasteiger partial charge in [0.15, 0.2) is 11.5 Å². The molecule has 0 N–H and O–H groups in total. The molecular formula is C17H21N3O6S. The first-order chi connectivity index (χ1) is 12.9. The molecule has 0 bridgehead atoms. The third-order valence-electron chi connectivity index (χ3n) is 4.41. The van der Waals surface area contributed by atoms with Crippen LogP contribution in [0.4, 0.5) is 0 Å². The lowest BCUT2D eigenvalue weighted by molar-refractivity contribution is -0.0179. The lowest BCUT2D eigenvalue weighted by atomic mass is 10.2. The van der Waals surface area contributed by atoms with Crippen molar-refractivity contribution in [2.75, 3.05) is 32.9 Å². The minimum absolute atomic E-state index is 0.0902. The third kappa shape index (κ3) is 3.52. The second-order valence-corrected chi connectivity index (χ2v) is 8.60. The van der Waals surface area contributed by atoms with Crippen molar-refractivity contribution in [1.82, 2.24) is 14.5 Å². The Morgan fingerprint density at radius 3 is 2.63 bits per heavy atom. The van der Waals surface area contributed by atoms with Crippen LogP contribution < -0.4 is 9.47 Å². The summed E-state index contributed by atoms with van der Waals surface area (Å²) >= 11 is 0. The first-order valence-corrected chi connectivity index (χ1v) is 10.2. The molecule has 146 valence electrons. The van der Waals surface area contributed by atoms with E-state index < -0.39 is 16.1 Å². The number of aromatic nitrogens is 2. The maximum absolute atomic E-state index is 13.1. The second-order valence-electron chi connectivity index (χ2n) is 6.66. The van der Waals surface area contributed by atoms with E-state index in [9.17, 15) is 8.42 Å². The van der Waals surface area contributed by atoms with Crippen LogP contribution in [0.1, 0.15) is 37.7 Å². The van der Waals surface area contributed by atoms with Gasteiger partial charge in [0.05, 0.1) is 11.5 Å². The van der Waals surface area contributed by atoms with Gasteiger partial charge in [0, 0.05) is 25.1 Å². The van der Waals surface area contributed by atoms with E-state index in [1.165, 1.54) is 16.4 Å². The summed E-state index contributed by atoms with van der Waals surface area (Å²) in [5.41, 5.74) is 0. The lowest BCUT2D eigenvalue weighted by Crippen LogP contribution is -2.42. The summed E-state index contributed by atoms with van der Waals surface area (Å²) in [4.78, 5) is 0.154. The average Bonchev–Trinajstić information content (AvgIpc) is 3.18. The number of sulfonamides is 1. The van der Waals surface area contributed by atoms with Crippen molar-refractivity contribution in [3.8, 4) is 11.5 Å². The molecule has 27 heavy (non-hydrogen) atoms. The summed E-state index contributed by atoms with van der Waals surface area (Å²) in [6.45, 7) is 5.33. The molecule has 1 aromatic carbocycles. The molecule has 0 saturated carbocycles. The van der Waals surface area contributed by atoms with Crippen LogP contribution in [-0.4, -0.2) is 55.8 Å². The molecule has 0 amide bonds. The van der Waals surface area contributed by atoms with Crippen LogP contribution in [0.15, 0.2) is 27.5 Å². The minimum atomic E-state index is -3.72. The van der Waals surface area contributed by atoms with Gasteiger partial charge >= 0.3 is 0 Å². The molecule has 0 aliphatic carbocycles. The zero-order chi connectivity index (χ0) is 19.0. The zero-order valence-electron chi connectivity index (χ0n) is 15.1. The molecule has 3 heterocycles. The predicted molar refractivity (Wildman–Crippen MR) is 93.3 cm³/mol. The van der Waals surface area contributed by atoms with Crippen LogP contribution in [0.5, 0.6) is 11.5 Å². The molecule has 4 rings (SSSR count). The van der Waals surface area contributed by atoms with Gasteiger partial charge in [-0.2, -0.15) is 4.31 Å². The number of fused-ring (bicyclic) bond motifs is 1. The van der Waals surface area contributed by atoms with Crippen LogP contribution in [0, 0.1) is 0 Å². The number of morpholine rings is 1. The van der Waals surface area contributed by atoms with E-state index in [-0.39, 0.29) is 30.5 Å². The molecular weight excluding hydrogens is 374 g/mol. The van der Waals surface area contributed by atoms with Gasteiger partial charge in [-0.05, 0) is 12.1 Å². The van der Waals surface area contributed by atoms with E-state index in [2.05, 4.69) is 10.2 Å². The van der Waals surface area contributed by atoms with Crippen molar-refractivity contribution in [3.05, 3.63) is 30.0 Å². The number of benzene rings is 1. The monoisotopic (exact) mass is 395 g/mol. The van der Waals surface area contributed by atoms with Crippen molar-refractivity contribution in [2.24, 2.45) is 0 Å². The molecule has 0 spiro atoms. The Labute approximate surface area is 157 Å². The molecule has 1 atom stereocenters. The lowest BCUT2D eigenvalue weighted by Gasteiger charge is -2.30. The molecule has 0 radical (unpaired) electrons. The highest BCUT2D eigenvalue weighted by molar-refractivity contribution is 7.89. The van der Waals surface area contributed by atoms with E-state index in [4.69, 9.17) is 18.6 Å². The van der Waals surface area contributed by atoms with Crippen molar-refractivity contribution >= 4 is 10.0 Å². The number of ether oxygens (including phenoxy) is 3. The molecule has 2 aliphatic heterocycles. The van der Waals surface area contributed by atoms with Crippen molar-refractivity contribution in [2.45, 2.75) is 30.8 Å². The van der Waals surface area contributed by atoms with E-state index in [0.29, 0.717) is 36.5 Å². The normalized spacial score (nSPS) is 20.8. The maximum Gasteiger partial charge on any atom is 0.246 e. The van der Waals surface area contributed by atoms with E-state index in [0.717, 1.165) is 0 Å². The Morgan fingerprint density at radius 2 is 1.89 bits per heavy atom. The van der Waals surface area contributed by atoms with E-state index in [1.807, 2.05) is 13.8 Å². The van der Waals surface area contributed by atoms with E-state index in [1.54, 1.807) is 6.07 Å². The summed E-state index contributed by atoms with van der Waals surface area (Å²) in [5, 5.41) is 8.00.